The minimum atomic E-state index is -2.65. The molecule has 3 aromatic rings. The van der Waals surface area contributed by atoms with Crippen molar-refractivity contribution in [2.45, 2.75) is 30.2 Å². The summed E-state index contributed by atoms with van der Waals surface area (Å²) in [6, 6.07) is 12.7. The van der Waals surface area contributed by atoms with E-state index in [2.05, 4.69) is 26.6 Å². The van der Waals surface area contributed by atoms with Crippen molar-refractivity contribution >= 4 is 43.5 Å². The average molecular weight is 468 g/mol. The van der Waals surface area contributed by atoms with E-state index in [0.717, 1.165) is 30.4 Å². The molecule has 1 unspecified atom stereocenters. The van der Waals surface area contributed by atoms with Gasteiger partial charge in [0.15, 0.2) is 11.0 Å². The molecule has 0 saturated carbocycles. The zero-order valence-corrected chi connectivity index (χ0v) is 17.4. The molecule has 1 aliphatic rings. The third kappa shape index (κ3) is 3.86. The van der Waals surface area contributed by atoms with Gasteiger partial charge in [0, 0.05) is 33.3 Å². The highest BCUT2D eigenvalue weighted by atomic mass is 79.9. The number of anilines is 1. The van der Waals surface area contributed by atoms with Gasteiger partial charge >= 0.3 is 0 Å². The number of piperidine rings is 1. The van der Waals surface area contributed by atoms with Crippen molar-refractivity contribution in [1.82, 2.24) is 9.29 Å². The number of hydrogen-bond donors (Lipinski definition) is 2. The van der Waals surface area contributed by atoms with Crippen LogP contribution in [0.2, 0.25) is 0 Å². The zero-order valence-electron chi connectivity index (χ0n) is 15.0. The van der Waals surface area contributed by atoms with Gasteiger partial charge in [-0.2, -0.15) is 0 Å². The first-order valence-electron chi connectivity index (χ1n) is 9.12. The van der Waals surface area contributed by atoms with Crippen LogP contribution in [0.5, 0.6) is 0 Å². The summed E-state index contributed by atoms with van der Waals surface area (Å²) in [4.78, 5) is 0.545. The minimum Gasteiger partial charge on any atom is -0.382 e. The van der Waals surface area contributed by atoms with Crippen LogP contribution in [-0.4, -0.2) is 27.3 Å². The molecule has 0 spiro atoms. The molecule has 2 N–H and O–H groups in total. The van der Waals surface area contributed by atoms with Gasteiger partial charge in [0.25, 0.3) is 6.43 Å². The Morgan fingerprint density at radius 3 is 2.64 bits per heavy atom. The summed E-state index contributed by atoms with van der Waals surface area (Å²) in [5.41, 5.74) is 1.10. The van der Waals surface area contributed by atoms with E-state index >= 15 is 0 Å². The number of nitrogens with zero attached hydrogens (tertiary/aromatic N) is 1. The molecule has 4 rings (SSSR count). The molecule has 8 heteroatoms. The lowest BCUT2D eigenvalue weighted by Crippen LogP contribution is -2.35. The lowest BCUT2D eigenvalue weighted by atomic mass is 10.0. The first-order chi connectivity index (χ1) is 13.5. The van der Waals surface area contributed by atoms with E-state index < -0.39 is 17.4 Å². The number of benzene rings is 2. The van der Waals surface area contributed by atoms with Gasteiger partial charge in [-0.05, 0) is 56.3 Å². The highest BCUT2D eigenvalue weighted by molar-refractivity contribution is 9.10. The molecule has 1 aliphatic heterocycles. The highest BCUT2D eigenvalue weighted by Crippen LogP contribution is 2.36. The summed E-state index contributed by atoms with van der Waals surface area (Å²) in [7, 11) is -1.63. The van der Waals surface area contributed by atoms with Gasteiger partial charge in [0.05, 0.1) is 10.4 Å². The molecule has 28 heavy (non-hydrogen) atoms. The second-order valence-electron chi connectivity index (χ2n) is 6.79. The molecule has 1 aromatic heterocycles. The largest absolute Gasteiger partial charge is 0.382 e. The summed E-state index contributed by atoms with van der Waals surface area (Å²) in [5, 5.41) is 7.17. The zero-order chi connectivity index (χ0) is 19.7. The fourth-order valence-electron chi connectivity index (χ4n) is 3.59. The number of hydrogen-bond acceptors (Lipinski definition) is 3. The summed E-state index contributed by atoms with van der Waals surface area (Å²) in [6.45, 7) is 1.81. The van der Waals surface area contributed by atoms with Gasteiger partial charge in [0.2, 0.25) is 0 Å². The average Bonchev–Trinajstić information content (AvgIpc) is 3.09. The predicted molar refractivity (Wildman–Crippen MR) is 112 cm³/mol. The van der Waals surface area contributed by atoms with E-state index in [1.807, 2.05) is 18.2 Å². The predicted octanol–water partition coefficient (Wildman–Crippen LogP) is 5.08. The van der Waals surface area contributed by atoms with Gasteiger partial charge in [0.1, 0.15) is 0 Å². The van der Waals surface area contributed by atoms with Crippen molar-refractivity contribution in [3.63, 3.8) is 0 Å². The lowest BCUT2D eigenvalue weighted by molar-refractivity contribution is 0.153. The Morgan fingerprint density at radius 1 is 1.18 bits per heavy atom. The van der Waals surface area contributed by atoms with Gasteiger partial charge in [-0.3, -0.25) is 3.97 Å². The fraction of sp³-hybridized carbons (Fsp3) is 0.300. The van der Waals surface area contributed by atoms with Gasteiger partial charge in [-0.25, -0.2) is 13.0 Å². The molecule has 0 radical (unpaired) electrons. The van der Waals surface area contributed by atoms with Crippen LogP contribution in [0.3, 0.4) is 0 Å². The Morgan fingerprint density at radius 2 is 1.93 bits per heavy atom. The molecular formula is C20H20BrF2N3OS. The second kappa shape index (κ2) is 8.31. The molecule has 0 bridgehead atoms. The monoisotopic (exact) mass is 467 g/mol. The van der Waals surface area contributed by atoms with Crippen LogP contribution in [0, 0.1) is 0 Å². The first kappa shape index (κ1) is 19.5. The summed E-state index contributed by atoms with van der Waals surface area (Å²) in [5.74, 6) is 0. The van der Waals surface area contributed by atoms with E-state index in [9.17, 15) is 13.0 Å². The molecule has 2 aromatic carbocycles. The van der Waals surface area contributed by atoms with Crippen LogP contribution < -0.4 is 10.6 Å². The van der Waals surface area contributed by atoms with Gasteiger partial charge < -0.3 is 10.6 Å². The fourth-order valence-corrected chi connectivity index (χ4v) is 5.33. The lowest BCUT2D eigenvalue weighted by Gasteiger charge is -2.25. The third-order valence-corrected chi connectivity index (χ3v) is 6.75. The molecular weight excluding hydrogens is 448 g/mol. The number of rotatable bonds is 5. The van der Waals surface area contributed by atoms with Gasteiger partial charge in [-0.1, -0.05) is 28.1 Å². The Balaban J connectivity index is 1.80. The van der Waals surface area contributed by atoms with Crippen LogP contribution in [0.1, 0.15) is 24.8 Å². The number of fused-ring (bicyclic) bond motifs is 1. The van der Waals surface area contributed by atoms with Crippen LogP contribution >= 0.6 is 15.9 Å². The van der Waals surface area contributed by atoms with Crippen LogP contribution in [0.15, 0.2) is 58.0 Å². The van der Waals surface area contributed by atoms with Crippen molar-refractivity contribution in [3.05, 3.63) is 58.7 Å². The van der Waals surface area contributed by atoms with Crippen LogP contribution in [-0.2, 0) is 11.0 Å². The first-order valence-corrected chi connectivity index (χ1v) is 11.0. The second-order valence-corrected chi connectivity index (χ2v) is 9.06. The number of halogens is 3. The normalized spacial score (nSPS) is 16.6. The van der Waals surface area contributed by atoms with Crippen molar-refractivity contribution in [2.24, 2.45) is 0 Å². The number of aromatic nitrogens is 1. The summed E-state index contributed by atoms with van der Waals surface area (Å²) in [6.07, 6.45) is 0.537. The van der Waals surface area contributed by atoms with Crippen molar-refractivity contribution in [2.75, 3.05) is 18.4 Å². The molecule has 0 aliphatic carbocycles. The number of nitrogens with one attached hydrogen (secondary N) is 2. The SMILES string of the molecule is O=S(c1cccc(Br)c1)n1cc(C(F)F)c2c(NC3CCNCC3)cccc21. The van der Waals surface area contributed by atoms with Crippen molar-refractivity contribution in [1.29, 1.82) is 0 Å². The summed E-state index contributed by atoms with van der Waals surface area (Å²) >= 11 is 3.37. The molecule has 1 saturated heterocycles. The van der Waals surface area contributed by atoms with Crippen molar-refractivity contribution < 1.29 is 13.0 Å². The third-order valence-electron chi connectivity index (χ3n) is 4.94. The van der Waals surface area contributed by atoms with E-state index in [4.69, 9.17) is 0 Å². The Hall–Kier alpha value is -1.77. The molecule has 2 heterocycles. The number of alkyl halides is 2. The van der Waals surface area contributed by atoms with Crippen LogP contribution in [0.4, 0.5) is 14.5 Å². The van der Waals surface area contributed by atoms with E-state index in [-0.39, 0.29) is 11.6 Å². The Kier molecular flexibility index (Phi) is 5.80. The van der Waals surface area contributed by atoms with Crippen LogP contribution in [0.25, 0.3) is 10.9 Å². The van der Waals surface area contributed by atoms with Gasteiger partial charge in [-0.15, -0.1) is 0 Å². The highest BCUT2D eigenvalue weighted by Gasteiger charge is 2.23. The molecule has 0 amide bonds. The standard InChI is InChI=1S/C20H20BrF2N3OS/c21-13-3-1-4-15(11-13)28(27)26-12-16(20(22)23)19-17(5-2-6-18(19)26)25-14-7-9-24-10-8-14/h1-6,11-12,14,20,24-25H,7-10H2. The molecule has 1 atom stereocenters. The quantitative estimate of drug-likeness (QED) is 0.550. The molecule has 4 nitrogen and oxygen atoms in total. The van der Waals surface area contributed by atoms with E-state index in [0.29, 0.717) is 21.5 Å². The maximum Gasteiger partial charge on any atom is 0.266 e. The van der Waals surface area contributed by atoms with E-state index in [1.54, 1.807) is 24.3 Å². The molecule has 148 valence electrons. The topological polar surface area (TPSA) is 46.1 Å². The minimum absolute atomic E-state index is 0.101. The summed E-state index contributed by atoms with van der Waals surface area (Å²) < 4.78 is 43.0. The molecule has 1 fully saturated rings. The van der Waals surface area contributed by atoms with Crippen molar-refractivity contribution in [3.8, 4) is 0 Å². The Bertz CT molecular complexity index is 1020. The smallest absolute Gasteiger partial charge is 0.266 e. The maximum atomic E-state index is 13.8. The maximum absolute atomic E-state index is 13.8. The van der Waals surface area contributed by atoms with E-state index in [1.165, 1.54) is 10.2 Å². The Labute approximate surface area is 173 Å².